The molecule has 1 aromatic carbocycles. The van der Waals surface area contributed by atoms with E-state index in [0.717, 1.165) is 16.7 Å². The van der Waals surface area contributed by atoms with Crippen LogP contribution in [0.2, 0.25) is 0 Å². The Labute approximate surface area is 157 Å². The SMILES string of the molecule is Fc1ccccc1-c1ncccc1CC(c1cccnc1)c1cccnc1. The molecule has 4 aromatic rings. The third-order valence-electron chi connectivity index (χ3n) is 4.62. The smallest absolute Gasteiger partial charge is 0.132 e. The highest BCUT2D eigenvalue weighted by Crippen LogP contribution is 2.32. The molecule has 0 N–H and O–H groups in total. The summed E-state index contributed by atoms with van der Waals surface area (Å²) < 4.78 is 14.4. The van der Waals surface area contributed by atoms with Crippen LogP contribution >= 0.6 is 0 Å². The summed E-state index contributed by atoms with van der Waals surface area (Å²) in [7, 11) is 0. The van der Waals surface area contributed by atoms with E-state index in [1.165, 1.54) is 6.07 Å². The van der Waals surface area contributed by atoms with E-state index in [1.54, 1.807) is 30.7 Å². The normalized spacial score (nSPS) is 10.9. The molecule has 4 heteroatoms. The van der Waals surface area contributed by atoms with Crippen molar-refractivity contribution in [2.75, 3.05) is 0 Å². The number of benzene rings is 1. The molecular weight excluding hydrogens is 337 g/mol. The first-order chi connectivity index (χ1) is 13.3. The van der Waals surface area contributed by atoms with Gasteiger partial charge in [0.25, 0.3) is 0 Å². The van der Waals surface area contributed by atoms with Crippen LogP contribution in [0.5, 0.6) is 0 Å². The van der Waals surface area contributed by atoms with Crippen molar-refractivity contribution in [1.82, 2.24) is 15.0 Å². The minimum atomic E-state index is -0.267. The number of nitrogens with zero attached hydrogens (tertiary/aromatic N) is 3. The lowest BCUT2D eigenvalue weighted by Gasteiger charge is -2.19. The van der Waals surface area contributed by atoms with Crippen LogP contribution in [-0.2, 0) is 6.42 Å². The monoisotopic (exact) mass is 355 g/mol. The first-order valence-electron chi connectivity index (χ1n) is 8.81. The molecule has 3 heterocycles. The molecule has 0 radical (unpaired) electrons. The number of hydrogen-bond donors (Lipinski definition) is 0. The van der Waals surface area contributed by atoms with Crippen LogP contribution in [0.1, 0.15) is 22.6 Å². The molecule has 0 aliphatic heterocycles. The van der Waals surface area contributed by atoms with E-state index < -0.39 is 0 Å². The molecule has 3 nitrogen and oxygen atoms in total. The van der Waals surface area contributed by atoms with Crippen LogP contribution in [0.15, 0.2) is 91.6 Å². The molecule has 0 aliphatic rings. The Morgan fingerprint density at radius 2 is 1.41 bits per heavy atom. The standard InChI is InChI=1S/C23H18FN3/c24-22-10-2-1-9-20(22)23-17(6-5-13-27-23)14-21(18-7-3-11-25-15-18)19-8-4-12-26-16-19/h1-13,15-16,21H,14H2. The van der Waals surface area contributed by atoms with Crippen LogP contribution in [0.25, 0.3) is 11.3 Å². The average molecular weight is 355 g/mol. The minimum Gasteiger partial charge on any atom is -0.264 e. The number of pyridine rings is 3. The lowest BCUT2D eigenvalue weighted by atomic mass is 9.86. The molecule has 0 amide bonds. The zero-order valence-electron chi connectivity index (χ0n) is 14.7. The van der Waals surface area contributed by atoms with Crippen molar-refractivity contribution in [1.29, 1.82) is 0 Å². The number of rotatable bonds is 5. The third kappa shape index (κ3) is 3.75. The second-order valence-electron chi connectivity index (χ2n) is 6.32. The quantitative estimate of drug-likeness (QED) is 0.503. The summed E-state index contributed by atoms with van der Waals surface area (Å²) in [6.45, 7) is 0. The summed E-state index contributed by atoms with van der Waals surface area (Å²) in [4.78, 5) is 13.0. The fourth-order valence-electron chi connectivity index (χ4n) is 3.31. The largest absolute Gasteiger partial charge is 0.264 e. The molecule has 0 saturated heterocycles. The zero-order chi connectivity index (χ0) is 18.5. The first-order valence-corrected chi connectivity index (χ1v) is 8.81. The Balaban J connectivity index is 1.78. The average Bonchev–Trinajstić information content (AvgIpc) is 2.74. The summed E-state index contributed by atoms with van der Waals surface area (Å²) >= 11 is 0. The molecule has 0 atom stereocenters. The molecule has 3 aromatic heterocycles. The van der Waals surface area contributed by atoms with Crippen molar-refractivity contribution in [2.45, 2.75) is 12.3 Å². The lowest BCUT2D eigenvalue weighted by molar-refractivity contribution is 0.630. The van der Waals surface area contributed by atoms with E-state index in [2.05, 4.69) is 27.1 Å². The Bertz CT molecular complexity index is 980. The van der Waals surface area contributed by atoms with Gasteiger partial charge in [-0.25, -0.2) is 4.39 Å². The van der Waals surface area contributed by atoms with Crippen molar-refractivity contribution in [3.63, 3.8) is 0 Å². The predicted molar refractivity (Wildman–Crippen MR) is 104 cm³/mol. The van der Waals surface area contributed by atoms with Crippen molar-refractivity contribution in [3.8, 4) is 11.3 Å². The highest BCUT2D eigenvalue weighted by Gasteiger charge is 2.19. The van der Waals surface area contributed by atoms with Gasteiger partial charge in [-0.15, -0.1) is 0 Å². The van der Waals surface area contributed by atoms with Crippen molar-refractivity contribution in [2.24, 2.45) is 0 Å². The van der Waals surface area contributed by atoms with Crippen molar-refractivity contribution < 1.29 is 4.39 Å². The Kier molecular flexibility index (Phi) is 4.97. The summed E-state index contributed by atoms with van der Waals surface area (Å²) in [5.74, 6) is -0.209. The van der Waals surface area contributed by atoms with E-state index >= 15 is 0 Å². The number of hydrogen-bond acceptors (Lipinski definition) is 3. The maximum absolute atomic E-state index is 14.4. The maximum atomic E-state index is 14.4. The van der Waals surface area contributed by atoms with Crippen molar-refractivity contribution >= 4 is 0 Å². The van der Waals surface area contributed by atoms with E-state index in [1.807, 2.05) is 42.7 Å². The first kappa shape index (κ1) is 17.0. The second-order valence-corrected chi connectivity index (χ2v) is 6.32. The predicted octanol–water partition coefficient (Wildman–Crippen LogP) is 5.05. The molecule has 132 valence electrons. The lowest BCUT2D eigenvalue weighted by Crippen LogP contribution is -2.08. The van der Waals surface area contributed by atoms with Crippen molar-refractivity contribution in [3.05, 3.63) is 114 Å². The van der Waals surface area contributed by atoms with Gasteiger partial charge in [0.1, 0.15) is 5.82 Å². The highest BCUT2D eigenvalue weighted by molar-refractivity contribution is 5.64. The van der Waals surface area contributed by atoms with Crippen LogP contribution in [0, 0.1) is 5.82 Å². The number of aromatic nitrogens is 3. The summed E-state index contributed by atoms with van der Waals surface area (Å²) in [5, 5.41) is 0. The van der Waals surface area contributed by atoms with E-state index in [0.29, 0.717) is 17.7 Å². The highest BCUT2D eigenvalue weighted by atomic mass is 19.1. The van der Waals surface area contributed by atoms with Gasteiger partial charge in [0.15, 0.2) is 0 Å². The van der Waals surface area contributed by atoms with Gasteiger partial charge in [0.2, 0.25) is 0 Å². The van der Waals surface area contributed by atoms with E-state index in [-0.39, 0.29) is 11.7 Å². The van der Waals surface area contributed by atoms with Gasteiger partial charge in [-0.2, -0.15) is 0 Å². The zero-order valence-corrected chi connectivity index (χ0v) is 14.7. The molecule has 0 bridgehead atoms. The van der Waals surface area contributed by atoms with Crippen LogP contribution in [-0.4, -0.2) is 15.0 Å². The second kappa shape index (κ2) is 7.87. The molecule has 0 aliphatic carbocycles. The van der Waals surface area contributed by atoms with Crippen LogP contribution in [0.3, 0.4) is 0 Å². The van der Waals surface area contributed by atoms with Gasteiger partial charge in [0, 0.05) is 42.5 Å². The van der Waals surface area contributed by atoms with Gasteiger partial charge in [-0.05, 0) is 53.4 Å². The van der Waals surface area contributed by atoms with Gasteiger partial charge < -0.3 is 0 Å². The molecular formula is C23H18FN3. The van der Waals surface area contributed by atoms with E-state index in [9.17, 15) is 4.39 Å². The third-order valence-corrected chi connectivity index (χ3v) is 4.62. The summed E-state index contributed by atoms with van der Waals surface area (Å²) in [5.41, 5.74) is 4.36. The van der Waals surface area contributed by atoms with Gasteiger partial charge in [-0.1, -0.05) is 30.3 Å². The molecule has 0 unspecified atom stereocenters. The molecule has 27 heavy (non-hydrogen) atoms. The minimum absolute atomic E-state index is 0.0575. The van der Waals surface area contributed by atoms with E-state index in [4.69, 9.17) is 0 Å². The maximum Gasteiger partial charge on any atom is 0.132 e. The Morgan fingerprint density at radius 1 is 0.741 bits per heavy atom. The molecule has 0 spiro atoms. The Morgan fingerprint density at radius 3 is 2.04 bits per heavy atom. The van der Waals surface area contributed by atoms with Gasteiger partial charge >= 0.3 is 0 Å². The molecule has 0 saturated carbocycles. The van der Waals surface area contributed by atoms with Crippen LogP contribution < -0.4 is 0 Å². The summed E-state index contributed by atoms with van der Waals surface area (Å²) in [6.07, 6.45) is 9.65. The number of halogens is 1. The summed E-state index contributed by atoms with van der Waals surface area (Å²) in [6, 6.07) is 18.6. The fourth-order valence-corrected chi connectivity index (χ4v) is 3.31. The van der Waals surface area contributed by atoms with Gasteiger partial charge in [-0.3, -0.25) is 15.0 Å². The molecule has 4 rings (SSSR count). The van der Waals surface area contributed by atoms with Crippen LogP contribution in [0.4, 0.5) is 4.39 Å². The topological polar surface area (TPSA) is 38.7 Å². The fraction of sp³-hybridized carbons (Fsp3) is 0.0870. The van der Waals surface area contributed by atoms with Gasteiger partial charge in [0.05, 0.1) is 5.69 Å². The Hall–Kier alpha value is -3.40. The molecule has 0 fully saturated rings.